The Kier molecular flexibility index (Phi) is 6.33. The van der Waals surface area contributed by atoms with Crippen molar-refractivity contribution in [3.05, 3.63) is 38.4 Å². The standard InChI is InChI=1S/C17H20N2O4S2/c1-4-11-9(2)25-16(15(11)17(22)23)19-14(21)8-12(18-10(3)20)13-6-5-7-24-13/h5-7,12H,4,8H2,1-3H3,(H,18,20)(H,19,21)(H,22,23). The number of carbonyl (C=O) groups is 3. The lowest BCUT2D eigenvalue weighted by molar-refractivity contribution is -0.120. The predicted octanol–water partition coefficient (Wildman–Crippen LogP) is 3.58. The lowest BCUT2D eigenvalue weighted by Crippen LogP contribution is -2.29. The van der Waals surface area contributed by atoms with Gasteiger partial charge < -0.3 is 15.7 Å². The van der Waals surface area contributed by atoms with Crippen LogP contribution in [0.5, 0.6) is 0 Å². The number of aryl methyl sites for hydroxylation is 1. The highest BCUT2D eigenvalue weighted by Crippen LogP contribution is 2.34. The van der Waals surface area contributed by atoms with Crippen molar-refractivity contribution in [1.82, 2.24) is 5.32 Å². The third-order valence-corrected chi connectivity index (χ3v) is 5.73. The van der Waals surface area contributed by atoms with E-state index in [-0.39, 0.29) is 23.8 Å². The van der Waals surface area contributed by atoms with E-state index >= 15 is 0 Å². The second kappa shape index (κ2) is 8.26. The van der Waals surface area contributed by atoms with Crippen LogP contribution in [0.25, 0.3) is 0 Å². The van der Waals surface area contributed by atoms with Crippen molar-refractivity contribution in [2.45, 2.75) is 39.7 Å². The lowest BCUT2D eigenvalue weighted by atomic mass is 10.1. The number of thiophene rings is 2. The summed E-state index contributed by atoms with van der Waals surface area (Å²) in [7, 11) is 0. The monoisotopic (exact) mass is 380 g/mol. The quantitative estimate of drug-likeness (QED) is 0.684. The first kappa shape index (κ1) is 19.1. The summed E-state index contributed by atoms with van der Waals surface area (Å²) in [4.78, 5) is 37.2. The molecule has 0 aliphatic heterocycles. The first-order valence-electron chi connectivity index (χ1n) is 7.79. The van der Waals surface area contributed by atoms with Gasteiger partial charge in [0.2, 0.25) is 11.8 Å². The van der Waals surface area contributed by atoms with Crippen molar-refractivity contribution in [3.63, 3.8) is 0 Å². The van der Waals surface area contributed by atoms with E-state index in [1.54, 1.807) is 0 Å². The summed E-state index contributed by atoms with van der Waals surface area (Å²) in [5.74, 6) is -1.61. The average molecular weight is 380 g/mol. The van der Waals surface area contributed by atoms with Crippen LogP contribution < -0.4 is 10.6 Å². The first-order chi connectivity index (χ1) is 11.8. The normalized spacial score (nSPS) is 11.8. The zero-order valence-electron chi connectivity index (χ0n) is 14.2. The molecule has 0 aliphatic rings. The Bertz CT molecular complexity index is 781. The summed E-state index contributed by atoms with van der Waals surface area (Å²) >= 11 is 2.72. The molecule has 0 aromatic carbocycles. The SMILES string of the molecule is CCc1c(C)sc(NC(=O)CC(NC(C)=O)c2cccs2)c1C(=O)O. The molecule has 2 amide bonds. The van der Waals surface area contributed by atoms with Gasteiger partial charge in [-0.05, 0) is 30.4 Å². The minimum absolute atomic E-state index is 0.0392. The highest BCUT2D eigenvalue weighted by molar-refractivity contribution is 7.16. The number of amides is 2. The number of carbonyl (C=O) groups excluding carboxylic acids is 2. The molecular weight excluding hydrogens is 360 g/mol. The lowest BCUT2D eigenvalue weighted by Gasteiger charge is -2.16. The van der Waals surface area contributed by atoms with E-state index in [1.165, 1.54) is 29.6 Å². The molecule has 0 fully saturated rings. The maximum atomic E-state index is 12.4. The molecular formula is C17H20N2O4S2. The third-order valence-electron chi connectivity index (χ3n) is 3.68. The van der Waals surface area contributed by atoms with E-state index in [9.17, 15) is 19.5 Å². The van der Waals surface area contributed by atoms with Crippen molar-refractivity contribution in [3.8, 4) is 0 Å². The maximum Gasteiger partial charge on any atom is 0.339 e. The van der Waals surface area contributed by atoms with Gasteiger partial charge in [-0.15, -0.1) is 22.7 Å². The summed E-state index contributed by atoms with van der Waals surface area (Å²) in [6.45, 7) is 5.13. The van der Waals surface area contributed by atoms with Crippen LogP contribution in [0.15, 0.2) is 17.5 Å². The molecule has 0 spiro atoms. The van der Waals surface area contributed by atoms with E-state index in [0.717, 1.165) is 15.3 Å². The summed E-state index contributed by atoms with van der Waals surface area (Å²) in [5.41, 5.74) is 0.898. The van der Waals surface area contributed by atoms with Crippen LogP contribution in [0.1, 0.15) is 52.0 Å². The Balaban J connectivity index is 2.19. The second-order valence-electron chi connectivity index (χ2n) is 5.52. The molecule has 6 nitrogen and oxygen atoms in total. The Hall–Kier alpha value is -2.19. The largest absolute Gasteiger partial charge is 0.478 e. The molecule has 1 atom stereocenters. The van der Waals surface area contributed by atoms with Gasteiger partial charge in [-0.1, -0.05) is 13.0 Å². The van der Waals surface area contributed by atoms with Crippen molar-refractivity contribution in [2.75, 3.05) is 5.32 Å². The van der Waals surface area contributed by atoms with Gasteiger partial charge in [-0.25, -0.2) is 4.79 Å². The van der Waals surface area contributed by atoms with Gasteiger partial charge in [-0.2, -0.15) is 0 Å². The predicted molar refractivity (Wildman–Crippen MR) is 99.5 cm³/mol. The maximum absolute atomic E-state index is 12.4. The molecule has 0 radical (unpaired) electrons. The Morgan fingerprint density at radius 1 is 1.32 bits per heavy atom. The minimum atomic E-state index is -1.05. The van der Waals surface area contributed by atoms with Gasteiger partial charge in [0.1, 0.15) is 5.00 Å². The summed E-state index contributed by atoms with van der Waals surface area (Å²) in [6.07, 6.45) is 0.626. The Morgan fingerprint density at radius 3 is 2.56 bits per heavy atom. The van der Waals surface area contributed by atoms with E-state index in [4.69, 9.17) is 0 Å². The van der Waals surface area contributed by atoms with Crippen molar-refractivity contribution in [1.29, 1.82) is 0 Å². The zero-order valence-corrected chi connectivity index (χ0v) is 15.8. The summed E-state index contributed by atoms with van der Waals surface area (Å²) in [5, 5.41) is 17.1. The van der Waals surface area contributed by atoms with Gasteiger partial charge in [0.05, 0.1) is 18.0 Å². The number of anilines is 1. The van der Waals surface area contributed by atoms with Crippen LogP contribution >= 0.6 is 22.7 Å². The number of nitrogens with one attached hydrogen (secondary N) is 2. The molecule has 0 saturated heterocycles. The van der Waals surface area contributed by atoms with Gasteiger partial charge in [0, 0.05) is 16.7 Å². The number of carboxylic acids is 1. The van der Waals surface area contributed by atoms with E-state index < -0.39 is 12.0 Å². The highest BCUT2D eigenvalue weighted by Gasteiger charge is 2.24. The van der Waals surface area contributed by atoms with Gasteiger partial charge >= 0.3 is 5.97 Å². The fraction of sp³-hybridized carbons (Fsp3) is 0.353. The van der Waals surface area contributed by atoms with Crippen LogP contribution in [0, 0.1) is 6.92 Å². The molecule has 0 bridgehead atoms. The number of hydrogen-bond donors (Lipinski definition) is 3. The van der Waals surface area contributed by atoms with Gasteiger partial charge in [0.25, 0.3) is 0 Å². The van der Waals surface area contributed by atoms with Crippen molar-refractivity contribution in [2.24, 2.45) is 0 Å². The smallest absolute Gasteiger partial charge is 0.339 e. The van der Waals surface area contributed by atoms with Crippen molar-refractivity contribution < 1.29 is 19.5 Å². The molecule has 0 saturated carbocycles. The van der Waals surface area contributed by atoms with Gasteiger partial charge in [-0.3, -0.25) is 9.59 Å². The molecule has 2 heterocycles. The highest BCUT2D eigenvalue weighted by atomic mass is 32.1. The second-order valence-corrected chi connectivity index (χ2v) is 7.72. The van der Waals surface area contributed by atoms with Crippen LogP contribution in [-0.4, -0.2) is 22.9 Å². The molecule has 3 N–H and O–H groups in total. The summed E-state index contributed by atoms with van der Waals surface area (Å²) < 4.78 is 0. The third kappa shape index (κ3) is 4.67. The number of hydrogen-bond acceptors (Lipinski definition) is 5. The fourth-order valence-electron chi connectivity index (χ4n) is 2.64. The van der Waals surface area contributed by atoms with Crippen LogP contribution in [0.4, 0.5) is 5.00 Å². The minimum Gasteiger partial charge on any atom is -0.478 e. The van der Waals surface area contributed by atoms with Crippen LogP contribution in [-0.2, 0) is 16.0 Å². The van der Waals surface area contributed by atoms with Gasteiger partial charge in [0.15, 0.2) is 0 Å². The molecule has 134 valence electrons. The molecule has 2 aromatic rings. The fourth-order valence-corrected chi connectivity index (χ4v) is 4.57. The molecule has 2 rings (SSSR count). The van der Waals surface area contributed by atoms with Crippen LogP contribution in [0.2, 0.25) is 0 Å². The molecule has 8 heteroatoms. The topological polar surface area (TPSA) is 95.5 Å². The number of aromatic carboxylic acids is 1. The number of carboxylic acid groups (broad SMARTS) is 1. The van der Waals surface area contributed by atoms with E-state index in [1.807, 2.05) is 31.4 Å². The molecule has 25 heavy (non-hydrogen) atoms. The zero-order chi connectivity index (χ0) is 18.6. The van der Waals surface area contributed by atoms with E-state index in [2.05, 4.69) is 10.6 Å². The Labute approximate surface area is 153 Å². The average Bonchev–Trinajstić information content (AvgIpc) is 3.13. The van der Waals surface area contributed by atoms with Crippen LogP contribution in [0.3, 0.4) is 0 Å². The number of rotatable bonds is 7. The van der Waals surface area contributed by atoms with Crippen molar-refractivity contribution >= 4 is 45.5 Å². The molecule has 0 aliphatic carbocycles. The molecule has 2 aromatic heterocycles. The molecule has 1 unspecified atom stereocenters. The summed E-state index contributed by atoms with van der Waals surface area (Å²) in [6, 6.07) is 3.27. The Morgan fingerprint density at radius 2 is 2.04 bits per heavy atom. The first-order valence-corrected chi connectivity index (χ1v) is 9.49. The van der Waals surface area contributed by atoms with E-state index in [0.29, 0.717) is 11.4 Å².